The Morgan fingerprint density at radius 3 is 2.33 bits per heavy atom. The fourth-order valence-electron chi connectivity index (χ4n) is 4.66. The van der Waals surface area contributed by atoms with E-state index in [-0.39, 0.29) is 37.7 Å². The van der Waals surface area contributed by atoms with Crippen molar-refractivity contribution in [1.29, 1.82) is 0 Å². The molecule has 8 nitrogen and oxygen atoms in total. The molecule has 0 aliphatic carbocycles. The minimum absolute atomic E-state index is 0.0187. The number of benzene rings is 3. The number of hydrogen-bond acceptors (Lipinski definition) is 5. The van der Waals surface area contributed by atoms with Gasteiger partial charge >= 0.3 is 0 Å². The molecule has 0 saturated carbocycles. The number of nitrogens with zero attached hydrogens (tertiary/aromatic N) is 2. The Morgan fingerprint density at radius 2 is 1.67 bits per heavy atom. The highest BCUT2D eigenvalue weighted by molar-refractivity contribution is 7.92. The van der Waals surface area contributed by atoms with Crippen LogP contribution in [-0.2, 0) is 32.6 Å². The number of hydrogen-bond donors (Lipinski definition) is 1. The van der Waals surface area contributed by atoms with E-state index in [0.717, 1.165) is 30.2 Å². The maximum Gasteiger partial charge on any atom is 0.243 e. The van der Waals surface area contributed by atoms with Crippen LogP contribution in [0.15, 0.2) is 72.8 Å². The molecule has 232 valence electrons. The molecule has 43 heavy (non-hydrogen) atoms. The van der Waals surface area contributed by atoms with Gasteiger partial charge in [-0.25, -0.2) is 8.42 Å². The van der Waals surface area contributed by atoms with Crippen LogP contribution >= 0.6 is 23.2 Å². The van der Waals surface area contributed by atoms with Crippen molar-refractivity contribution in [2.45, 2.75) is 51.6 Å². The first kappa shape index (κ1) is 34.2. The van der Waals surface area contributed by atoms with Gasteiger partial charge in [-0.05, 0) is 48.2 Å². The second kappa shape index (κ2) is 16.5. The van der Waals surface area contributed by atoms with Crippen LogP contribution in [0.25, 0.3) is 0 Å². The first-order valence-electron chi connectivity index (χ1n) is 14.2. The number of ether oxygens (including phenoxy) is 1. The van der Waals surface area contributed by atoms with Gasteiger partial charge in [0, 0.05) is 38.5 Å². The number of rotatable bonds is 16. The molecule has 0 radical (unpaired) electrons. The van der Waals surface area contributed by atoms with Crippen molar-refractivity contribution in [2.24, 2.45) is 0 Å². The molecule has 11 heteroatoms. The van der Waals surface area contributed by atoms with E-state index in [1.165, 1.54) is 11.4 Å². The summed E-state index contributed by atoms with van der Waals surface area (Å²) in [5.41, 5.74) is 2.07. The van der Waals surface area contributed by atoms with Crippen LogP contribution in [0.4, 0.5) is 5.69 Å². The summed E-state index contributed by atoms with van der Waals surface area (Å²) in [4.78, 5) is 29.1. The maximum absolute atomic E-state index is 13.9. The van der Waals surface area contributed by atoms with Crippen LogP contribution in [0.1, 0.15) is 43.7 Å². The Morgan fingerprint density at radius 1 is 0.930 bits per heavy atom. The number of carbonyl (C=O) groups is 2. The van der Waals surface area contributed by atoms with Crippen LogP contribution < -0.4 is 14.4 Å². The van der Waals surface area contributed by atoms with Crippen LogP contribution in [0.2, 0.25) is 10.0 Å². The van der Waals surface area contributed by atoms with E-state index in [1.807, 2.05) is 37.3 Å². The van der Waals surface area contributed by atoms with E-state index < -0.39 is 16.1 Å². The van der Waals surface area contributed by atoms with E-state index in [0.29, 0.717) is 34.4 Å². The van der Waals surface area contributed by atoms with Crippen molar-refractivity contribution < 1.29 is 22.7 Å². The molecule has 0 aliphatic heterocycles. The van der Waals surface area contributed by atoms with Gasteiger partial charge in [0.2, 0.25) is 21.8 Å². The second-order valence-electron chi connectivity index (χ2n) is 10.3. The zero-order valence-corrected chi connectivity index (χ0v) is 27.1. The summed E-state index contributed by atoms with van der Waals surface area (Å²) in [6, 6.07) is 20.6. The van der Waals surface area contributed by atoms with Gasteiger partial charge in [-0.1, -0.05) is 79.0 Å². The topological polar surface area (TPSA) is 96.0 Å². The van der Waals surface area contributed by atoms with Crippen LogP contribution in [0.3, 0.4) is 0 Å². The predicted octanol–water partition coefficient (Wildman–Crippen LogP) is 6.10. The van der Waals surface area contributed by atoms with Crippen LogP contribution in [-0.4, -0.2) is 57.6 Å². The number of sulfonamides is 1. The van der Waals surface area contributed by atoms with Crippen molar-refractivity contribution in [1.82, 2.24) is 10.2 Å². The molecule has 0 aromatic heterocycles. The molecular weight excluding hydrogens is 609 g/mol. The normalized spacial score (nSPS) is 11.9. The van der Waals surface area contributed by atoms with E-state index in [4.69, 9.17) is 27.9 Å². The van der Waals surface area contributed by atoms with Crippen LogP contribution in [0.5, 0.6) is 5.75 Å². The summed E-state index contributed by atoms with van der Waals surface area (Å²) in [5, 5.41) is 3.73. The Hall–Kier alpha value is -3.27. The number of methoxy groups -OCH3 is 1. The van der Waals surface area contributed by atoms with E-state index >= 15 is 0 Å². The third kappa shape index (κ3) is 10.4. The van der Waals surface area contributed by atoms with Crippen LogP contribution in [0, 0.1) is 0 Å². The smallest absolute Gasteiger partial charge is 0.243 e. The lowest BCUT2D eigenvalue weighted by Gasteiger charge is -2.32. The van der Waals surface area contributed by atoms with Gasteiger partial charge < -0.3 is 15.0 Å². The molecule has 0 aliphatic rings. The molecule has 3 aromatic rings. The monoisotopic (exact) mass is 647 g/mol. The van der Waals surface area contributed by atoms with Crippen molar-refractivity contribution in [3.63, 3.8) is 0 Å². The highest BCUT2D eigenvalue weighted by Crippen LogP contribution is 2.26. The van der Waals surface area contributed by atoms with Gasteiger partial charge in [-0.2, -0.15) is 0 Å². The third-order valence-electron chi connectivity index (χ3n) is 6.93. The molecule has 1 unspecified atom stereocenters. The Labute approximate surface area is 265 Å². The predicted molar refractivity (Wildman–Crippen MR) is 173 cm³/mol. The first-order valence-corrected chi connectivity index (χ1v) is 16.8. The standard InChI is InChI=1S/C32H39Cl2N3O5S/c1-4-5-18-35-32(39)30(21-24-11-7-6-8-12-24)36(23-25-16-17-28(33)29(34)20-25)31(38)15-10-19-37(43(3,40)41)26-13-9-14-27(22-26)42-2/h6-9,11-14,16-17,20,22,30H,4-5,10,15,18-19,21,23H2,1-3H3,(H,35,39). The zero-order chi connectivity index (χ0) is 31.4. The van der Waals surface area contributed by atoms with Gasteiger partial charge in [0.25, 0.3) is 0 Å². The first-order chi connectivity index (χ1) is 20.5. The Kier molecular flexibility index (Phi) is 13.2. The molecule has 1 N–H and O–H groups in total. The average Bonchev–Trinajstić information content (AvgIpc) is 2.98. The fraction of sp³-hybridized carbons (Fsp3) is 0.375. The lowest BCUT2D eigenvalue weighted by atomic mass is 10.0. The summed E-state index contributed by atoms with van der Waals surface area (Å²) >= 11 is 12.4. The molecule has 0 fully saturated rings. The fourth-order valence-corrected chi connectivity index (χ4v) is 5.94. The number of anilines is 1. The van der Waals surface area contributed by atoms with Gasteiger partial charge in [-0.3, -0.25) is 13.9 Å². The molecule has 1 atom stereocenters. The van der Waals surface area contributed by atoms with Crippen molar-refractivity contribution in [2.75, 3.05) is 30.8 Å². The van der Waals surface area contributed by atoms with E-state index in [2.05, 4.69) is 5.32 Å². The summed E-state index contributed by atoms with van der Waals surface area (Å²) in [5.74, 6) is -0.00976. The molecule has 0 heterocycles. The Balaban J connectivity index is 1.89. The highest BCUT2D eigenvalue weighted by atomic mass is 35.5. The Bertz CT molecular complexity index is 1470. The SMILES string of the molecule is CCCCNC(=O)C(Cc1ccccc1)N(Cc1ccc(Cl)c(Cl)c1)C(=O)CCCN(c1cccc(OC)c1)S(C)(=O)=O. The molecule has 3 aromatic carbocycles. The minimum atomic E-state index is -3.64. The zero-order valence-electron chi connectivity index (χ0n) is 24.8. The van der Waals surface area contributed by atoms with E-state index in [1.54, 1.807) is 47.4 Å². The molecule has 2 amide bonds. The molecule has 0 bridgehead atoms. The molecular formula is C32H39Cl2N3O5S. The van der Waals surface area contributed by atoms with Crippen molar-refractivity contribution in [3.8, 4) is 5.75 Å². The summed E-state index contributed by atoms with van der Waals surface area (Å²) in [6.45, 7) is 2.74. The quantitative estimate of drug-likeness (QED) is 0.189. The number of nitrogens with one attached hydrogen (secondary N) is 1. The second-order valence-corrected chi connectivity index (χ2v) is 13.0. The van der Waals surface area contributed by atoms with Gasteiger partial charge in [0.15, 0.2) is 0 Å². The van der Waals surface area contributed by atoms with Gasteiger partial charge in [-0.15, -0.1) is 0 Å². The lowest BCUT2D eigenvalue weighted by molar-refractivity contribution is -0.141. The average molecular weight is 649 g/mol. The van der Waals surface area contributed by atoms with E-state index in [9.17, 15) is 18.0 Å². The van der Waals surface area contributed by atoms with Crippen molar-refractivity contribution in [3.05, 3.63) is 94.0 Å². The number of halogens is 2. The largest absolute Gasteiger partial charge is 0.497 e. The summed E-state index contributed by atoms with van der Waals surface area (Å²) in [7, 11) is -2.13. The van der Waals surface area contributed by atoms with Gasteiger partial charge in [0.05, 0.1) is 29.1 Å². The van der Waals surface area contributed by atoms with Crippen molar-refractivity contribution >= 4 is 50.7 Å². The minimum Gasteiger partial charge on any atom is -0.497 e. The number of unbranched alkanes of at least 4 members (excludes halogenated alkanes) is 1. The number of carbonyl (C=O) groups excluding carboxylic acids is 2. The maximum atomic E-state index is 13.9. The molecule has 3 rings (SSSR count). The summed E-state index contributed by atoms with van der Waals surface area (Å²) < 4.78 is 31.9. The molecule has 0 spiro atoms. The van der Waals surface area contributed by atoms with Gasteiger partial charge in [0.1, 0.15) is 11.8 Å². The number of amides is 2. The molecule has 0 saturated heterocycles. The highest BCUT2D eigenvalue weighted by Gasteiger charge is 2.30. The third-order valence-corrected chi connectivity index (χ3v) is 8.86. The summed E-state index contributed by atoms with van der Waals surface area (Å²) in [6.07, 6.45) is 3.42. The lowest BCUT2D eigenvalue weighted by Crippen LogP contribution is -2.50.